The molecule has 100 valence electrons. The van der Waals surface area contributed by atoms with Crippen molar-refractivity contribution in [1.82, 2.24) is 10.3 Å². The van der Waals surface area contributed by atoms with Crippen LogP contribution < -0.4 is 5.32 Å². The zero-order valence-corrected chi connectivity index (χ0v) is 11.1. The first kappa shape index (κ1) is 14.6. The second-order valence-corrected chi connectivity index (χ2v) is 4.47. The number of pyridine rings is 1. The Morgan fingerprint density at radius 1 is 1.39 bits per heavy atom. The summed E-state index contributed by atoms with van der Waals surface area (Å²) in [6.45, 7) is 4.22. The summed E-state index contributed by atoms with van der Waals surface area (Å²) in [5, 5.41) is 2.96. The van der Waals surface area contributed by atoms with E-state index in [1.165, 1.54) is 12.3 Å². The minimum atomic E-state index is -0.622. The van der Waals surface area contributed by atoms with Gasteiger partial charge in [-0.2, -0.15) is 4.39 Å². The lowest BCUT2D eigenvalue weighted by molar-refractivity contribution is 0.0931. The van der Waals surface area contributed by atoms with Crippen molar-refractivity contribution in [3.63, 3.8) is 0 Å². The minimum Gasteiger partial charge on any atom is -0.349 e. The van der Waals surface area contributed by atoms with Gasteiger partial charge in [0.05, 0.1) is 0 Å². The fourth-order valence-corrected chi connectivity index (χ4v) is 1.90. The molecule has 1 amide bonds. The Balaban J connectivity index is 2.59. The van der Waals surface area contributed by atoms with Crippen LogP contribution in [0.3, 0.4) is 0 Å². The summed E-state index contributed by atoms with van der Waals surface area (Å²) in [6.07, 6.45) is 6.48. The number of hydrogen-bond acceptors (Lipinski definition) is 2. The first-order valence-electron chi connectivity index (χ1n) is 6.59. The summed E-state index contributed by atoms with van der Waals surface area (Å²) in [5.74, 6) is -0.839. The number of amides is 1. The van der Waals surface area contributed by atoms with E-state index in [9.17, 15) is 9.18 Å². The molecule has 1 aromatic rings. The molecule has 0 fully saturated rings. The highest BCUT2D eigenvalue weighted by atomic mass is 19.1. The molecule has 0 aromatic carbocycles. The van der Waals surface area contributed by atoms with Crippen molar-refractivity contribution in [3.8, 4) is 0 Å². The highest BCUT2D eigenvalue weighted by molar-refractivity contribution is 5.94. The van der Waals surface area contributed by atoms with Crippen LogP contribution in [0.4, 0.5) is 4.39 Å². The molecule has 1 N–H and O–H groups in total. The van der Waals surface area contributed by atoms with Gasteiger partial charge in [0.2, 0.25) is 5.95 Å². The average Bonchev–Trinajstić information content (AvgIpc) is 2.36. The maximum Gasteiger partial charge on any atom is 0.251 e. The van der Waals surface area contributed by atoms with E-state index in [1.54, 1.807) is 0 Å². The van der Waals surface area contributed by atoms with Gasteiger partial charge in [-0.1, -0.05) is 33.1 Å². The number of nitrogens with zero attached hydrogens (tertiary/aromatic N) is 1. The van der Waals surface area contributed by atoms with Gasteiger partial charge in [0.25, 0.3) is 5.91 Å². The number of carbonyl (C=O) groups excluding carboxylic acids is 1. The van der Waals surface area contributed by atoms with Crippen LogP contribution >= 0.6 is 0 Å². The van der Waals surface area contributed by atoms with Crippen LogP contribution in [0.2, 0.25) is 0 Å². The molecule has 0 bridgehead atoms. The number of rotatable bonds is 7. The third kappa shape index (κ3) is 4.82. The van der Waals surface area contributed by atoms with E-state index in [0.29, 0.717) is 5.56 Å². The summed E-state index contributed by atoms with van der Waals surface area (Å²) >= 11 is 0. The lowest BCUT2D eigenvalue weighted by Crippen LogP contribution is -2.34. The Hall–Kier alpha value is -1.45. The number of halogens is 1. The normalized spacial score (nSPS) is 12.2. The summed E-state index contributed by atoms with van der Waals surface area (Å²) in [5.41, 5.74) is 0.333. The van der Waals surface area contributed by atoms with Gasteiger partial charge in [0.15, 0.2) is 0 Å². The summed E-state index contributed by atoms with van der Waals surface area (Å²) in [6, 6.07) is 2.87. The van der Waals surface area contributed by atoms with Crippen LogP contribution in [-0.4, -0.2) is 16.9 Å². The highest BCUT2D eigenvalue weighted by Crippen LogP contribution is 2.08. The molecule has 1 unspecified atom stereocenters. The molecule has 4 heteroatoms. The minimum absolute atomic E-state index is 0.179. The molecule has 1 heterocycles. The predicted octanol–water partition coefficient (Wildman–Crippen LogP) is 3.31. The quantitative estimate of drug-likeness (QED) is 0.756. The van der Waals surface area contributed by atoms with E-state index in [1.807, 2.05) is 0 Å². The molecular weight excluding hydrogens is 231 g/mol. The molecule has 0 spiro atoms. The summed E-state index contributed by atoms with van der Waals surface area (Å²) < 4.78 is 12.9. The van der Waals surface area contributed by atoms with E-state index in [2.05, 4.69) is 24.1 Å². The summed E-state index contributed by atoms with van der Waals surface area (Å²) in [7, 11) is 0. The maximum absolute atomic E-state index is 12.9. The van der Waals surface area contributed by atoms with Crippen molar-refractivity contribution in [3.05, 3.63) is 29.8 Å². The van der Waals surface area contributed by atoms with Crippen molar-refractivity contribution in [2.45, 2.75) is 52.0 Å². The number of nitrogens with one attached hydrogen (secondary N) is 1. The van der Waals surface area contributed by atoms with Crippen LogP contribution in [0.15, 0.2) is 18.3 Å². The third-order valence-electron chi connectivity index (χ3n) is 2.87. The predicted molar refractivity (Wildman–Crippen MR) is 69.9 cm³/mol. The van der Waals surface area contributed by atoms with E-state index < -0.39 is 5.95 Å². The van der Waals surface area contributed by atoms with Gasteiger partial charge >= 0.3 is 0 Å². The average molecular weight is 252 g/mol. The lowest BCUT2D eigenvalue weighted by atomic mass is 10.0. The second kappa shape index (κ2) is 7.80. The smallest absolute Gasteiger partial charge is 0.251 e. The van der Waals surface area contributed by atoms with Gasteiger partial charge in [0, 0.05) is 23.9 Å². The van der Waals surface area contributed by atoms with E-state index in [0.717, 1.165) is 38.2 Å². The van der Waals surface area contributed by atoms with Crippen LogP contribution in [0, 0.1) is 5.95 Å². The molecule has 0 saturated carbocycles. The van der Waals surface area contributed by atoms with Crippen LogP contribution in [0.5, 0.6) is 0 Å². The van der Waals surface area contributed by atoms with Gasteiger partial charge in [0.1, 0.15) is 0 Å². The first-order valence-corrected chi connectivity index (χ1v) is 6.59. The van der Waals surface area contributed by atoms with Gasteiger partial charge in [-0.15, -0.1) is 0 Å². The Kier molecular flexibility index (Phi) is 6.33. The molecule has 0 aliphatic rings. The SMILES string of the molecule is CCCCC(CCC)NC(=O)c1ccnc(F)c1. The lowest BCUT2D eigenvalue weighted by Gasteiger charge is -2.17. The zero-order valence-electron chi connectivity index (χ0n) is 11.1. The highest BCUT2D eigenvalue weighted by Gasteiger charge is 2.13. The molecule has 1 rings (SSSR count). The largest absolute Gasteiger partial charge is 0.349 e. The van der Waals surface area contributed by atoms with Crippen LogP contribution in [-0.2, 0) is 0 Å². The van der Waals surface area contributed by atoms with Crippen molar-refractivity contribution >= 4 is 5.91 Å². The Morgan fingerprint density at radius 2 is 2.17 bits per heavy atom. The fraction of sp³-hybridized carbons (Fsp3) is 0.571. The Labute approximate surface area is 108 Å². The molecule has 0 aliphatic carbocycles. The molecule has 1 atom stereocenters. The van der Waals surface area contributed by atoms with Crippen LogP contribution in [0.1, 0.15) is 56.3 Å². The molecule has 0 saturated heterocycles. The summed E-state index contributed by atoms with van der Waals surface area (Å²) in [4.78, 5) is 15.4. The fourth-order valence-electron chi connectivity index (χ4n) is 1.90. The molecule has 0 aliphatic heterocycles. The Bertz CT molecular complexity index is 382. The van der Waals surface area contributed by atoms with Gasteiger partial charge < -0.3 is 5.32 Å². The van der Waals surface area contributed by atoms with E-state index >= 15 is 0 Å². The van der Waals surface area contributed by atoms with E-state index in [4.69, 9.17) is 0 Å². The molecule has 18 heavy (non-hydrogen) atoms. The van der Waals surface area contributed by atoms with Crippen molar-refractivity contribution < 1.29 is 9.18 Å². The second-order valence-electron chi connectivity index (χ2n) is 4.47. The molecule has 1 aromatic heterocycles. The first-order chi connectivity index (χ1) is 8.67. The van der Waals surface area contributed by atoms with Crippen LogP contribution in [0.25, 0.3) is 0 Å². The number of aromatic nitrogens is 1. The Morgan fingerprint density at radius 3 is 2.78 bits per heavy atom. The molecule has 3 nitrogen and oxygen atoms in total. The number of carbonyl (C=O) groups is 1. The molecular formula is C14H21FN2O. The van der Waals surface area contributed by atoms with Gasteiger partial charge in [-0.3, -0.25) is 4.79 Å². The third-order valence-corrected chi connectivity index (χ3v) is 2.87. The topological polar surface area (TPSA) is 42.0 Å². The van der Waals surface area contributed by atoms with Gasteiger partial charge in [-0.25, -0.2) is 4.98 Å². The monoisotopic (exact) mass is 252 g/mol. The zero-order chi connectivity index (χ0) is 13.4. The van der Waals surface area contributed by atoms with E-state index in [-0.39, 0.29) is 11.9 Å². The van der Waals surface area contributed by atoms with Crippen molar-refractivity contribution in [2.75, 3.05) is 0 Å². The standard InChI is InChI=1S/C14H21FN2O/c1-3-5-7-12(6-4-2)17-14(18)11-8-9-16-13(15)10-11/h8-10,12H,3-7H2,1-2H3,(H,17,18). The number of hydrogen-bond donors (Lipinski definition) is 1. The molecule has 0 radical (unpaired) electrons. The maximum atomic E-state index is 12.9. The van der Waals surface area contributed by atoms with Crippen molar-refractivity contribution in [2.24, 2.45) is 0 Å². The van der Waals surface area contributed by atoms with Crippen molar-refractivity contribution in [1.29, 1.82) is 0 Å². The van der Waals surface area contributed by atoms with Gasteiger partial charge in [-0.05, 0) is 18.9 Å². The number of unbranched alkanes of at least 4 members (excludes halogenated alkanes) is 1.